The first-order valence-corrected chi connectivity index (χ1v) is 26.1. The van der Waals surface area contributed by atoms with E-state index in [0.717, 1.165) is 63.8 Å². The smallest absolute Gasteiger partial charge is 0.410 e. The number of likely N-dealkylation sites (tertiary alicyclic amines) is 1. The van der Waals surface area contributed by atoms with Gasteiger partial charge in [-0.05, 0) is 34.4 Å². The first kappa shape index (κ1) is 62.4. The summed E-state index contributed by atoms with van der Waals surface area (Å²) in [5.74, 6) is -24.1. The van der Waals surface area contributed by atoms with E-state index in [-0.39, 0.29) is 12.2 Å². The highest BCUT2D eigenvalue weighted by Crippen LogP contribution is 2.45. The van der Waals surface area contributed by atoms with Gasteiger partial charge in [-0.25, -0.2) is 27.6 Å². The molecule has 8 rings (SSSR count). The van der Waals surface area contributed by atoms with E-state index in [1.54, 1.807) is 42.5 Å². The van der Waals surface area contributed by atoms with Crippen molar-refractivity contribution in [3.63, 3.8) is 0 Å². The summed E-state index contributed by atoms with van der Waals surface area (Å²) in [4.78, 5) is 120. The van der Waals surface area contributed by atoms with Crippen molar-refractivity contribution in [1.29, 1.82) is 0 Å². The van der Waals surface area contributed by atoms with Gasteiger partial charge < -0.3 is 61.6 Å². The van der Waals surface area contributed by atoms with Gasteiger partial charge in [0.05, 0.1) is 18.2 Å². The Morgan fingerprint density at radius 1 is 0.482 bits per heavy atom. The quantitative estimate of drug-likeness (QED) is 0.0292. The second kappa shape index (κ2) is 27.0. The molecule has 0 radical (unpaired) electrons. The third-order valence-electron chi connectivity index (χ3n) is 13.6. The largest absolute Gasteiger partial charge is 0.463 e. The zero-order chi connectivity index (χ0) is 61.6. The molecule has 3 aliphatic heterocycles. The second-order valence-corrected chi connectivity index (χ2v) is 19.6. The number of amides is 1. The van der Waals surface area contributed by atoms with Gasteiger partial charge in [0.25, 0.3) is 0 Å². The van der Waals surface area contributed by atoms with E-state index >= 15 is 8.78 Å². The predicted octanol–water partition coefficient (Wildman–Crippen LogP) is 5.61. The zero-order valence-electron chi connectivity index (χ0n) is 45.9. The molecule has 4 aliphatic rings. The molecule has 4 aromatic carbocycles. The predicted molar refractivity (Wildman–Crippen MR) is 270 cm³/mol. The van der Waals surface area contributed by atoms with Crippen LogP contribution in [0.1, 0.15) is 75.4 Å². The molecule has 12 atom stereocenters. The fraction of sp³-hybridized carbons (Fsp3) is 0.421. The molecule has 3 heterocycles. The lowest BCUT2D eigenvalue weighted by Gasteiger charge is -2.49. The third-order valence-corrected chi connectivity index (χ3v) is 13.6. The Balaban J connectivity index is 1.21. The molecule has 3 fully saturated rings. The summed E-state index contributed by atoms with van der Waals surface area (Å²) < 4.78 is 149. The summed E-state index contributed by atoms with van der Waals surface area (Å²) in [6.45, 7) is 3.04. The summed E-state index contributed by atoms with van der Waals surface area (Å²) in [7, 11) is 0. The molecule has 0 saturated carbocycles. The van der Waals surface area contributed by atoms with E-state index in [9.17, 15) is 56.3 Å². The van der Waals surface area contributed by atoms with Crippen LogP contribution in [0.2, 0.25) is 0 Å². The number of carbonyl (C=O) groups is 9. The Morgan fingerprint density at radius 3 is 1.45 bits per heavy atom. The molecule has 0 N–H and O–H groups in total. The number of halogens is 5. The first-order chi connectivity index (χ1) is 40.4. The molecule has 28 heteroatoms. The molecule has 23 nitrogen and oxygen atoms in total. The van der Waals surface area contributed by atoms with Gasteiger partial charge >= 0.3 is 53.8 Å². The van der Waals surface area contributed by atoms with Crippen molar-refractivity contribution in [1.82, 2.24) is 4.90 Å². The average molecular weight is 1200 g/mol. The number of ether oxygens (including phenoxy) is 13. The van der Waals surface area contributed by atoms with E-state index in [1.165, 1.54) is 24.3 Å². The van der Waals surface area contributed by atoms with Crippen LogP contribution < -0.4 is 4.74 Å². The monoisotopic (exact) mass is 1200 g/mol. The maximum atomic E-state index is 15.1. The number of rotatable bonds is 18. The highest BCUT2D eigenvalue weighted by Gasteiger charge is 2.59. The Labute approximate surface area is 479 Å². The molecule has 0 unspecified atom stereocenters. The maximum absolute atomic E-state index is 15.1. The van der Waals surface area contributed by atoms with E-state index in [0.29, 0.717) is 4.90 Å². The highest BCUT2D eigenvalue weighted by atomic mass is 19.2. The summed E-state index contributed by atoms with van der Waals surface area (Å²) in [5, 5.41) is 0. The van der Waals surface area contributed by atoms with Gasteiger partial charge in [-0.3, -0.25) is 33.7 Å². The van der Waals surface area contributed by atoms with Crippen molar-refractivity contribution in [3.05, 3.63) is 125 Å². The van der Waals surface area contributed by atoms with Crippen molar-refractivity contribution in [2.45, 2.75) is 127 Å². The third kappa shape index (κ3) is 14.3. The van der Waals surface area contributed by atoms with Crippen LogP contribution in [0.25, 0.3) is 11.1 Å². The number of fused-ring (bicyclic) bond motifs is 3. The minimum Gasteiger partial charge on any atom is -0.463 e. The SMILES string of the molecule is CC(=O)OC[C@H]1O[C@H](O[C@@H]2[C@H](OC(=O)c3ccccc3)[C@@H](O[C@@H]3C[C@@H](C(=O)Oc4c(F)c(F)c(F)c(F)c4F)N(C(=O)OCC4c5ccccc5-c5ccccc54)C3)O[C@H](COC(C)=O)[C@H]2OC(C)=O)[C@@H](OC(C)=O)[C@@H](OC(C)=O)[C@@H]1OC(C)=O. The van der Waals surface area contributed by atoms with Gasteiger partial charge in [-0.1, -0.05) is 66.7 Å². The van der Waals surface area contributed by atoms with Crippen molar-refractivity contribution < 1.29 is 127 Å². The summed E-state index contributed by atoms with van der Waals surface area (Å²) in [6, 6.07) is 19.5. The standard InChI is InChI=1S/C57H54F5NO22/c1-25(64)73-23-39-46(76-27(3)66)49(78-29(5)68)51(79-30(6)69)56(82-39)85-50-47(77-28(4)67)40(24-74-26(2)65)81-55(52(50)84-53(70)31-14-8-7-9-15-31)80-32-20-38(54(71)83-48-44(61)42(59)41(58)43(60)45(48)62)63(21-32)57(72)75-22-37-35-18-12-10-16-33(35)34-17-11-13-19-36(34)37/h7-19,32,37-40,46-47,49-52,55-56H,20-24H2,1-6H3/t32-,38+,39-,40-,46-,47-,49+,50+,51+,52+,55+,56-/m1/s1. The van der Waals surface area contributed by atoms with Crippen LogP contribution in [0.4, 0.5) is 26.7 Å². The lowest BCUT2D eigenvalue weighted by Crippen LogP contribution is -2.67. The molecule has 0 aromatic heterocycles. The van der Waals surface area contributed by atoms with E-state index in [1.807, 2.05) is 12.1 Å². The van der Waals surface area contributed by atoms with Crippen molar-refractivity contribution in [2.75, 3.05) is 26.4 Å². The van der Waals surface area contributed by atoms with Crippen LogP contribution in [0, 0.1) is 29.1 Å². The second-order valence-electron chi connectivity index (χ2n) is 19.6. The van der Waals surface area contributed by atoms with E-state index in [4.69, 9.17) is 61.6 Å². The lowest BCUT2D eigenvalue weighted by atomic mass is 9.95. The van der Waals surface area contributed by atoms with E-state index in [2.05, 4.69) is 0 Å². The summed E-state index contributed by atoms with van der Waals surface area (Å²) in [5.41, 5.74) is 3.02. The number of nitrogens with zero attached hydrogens (tertiary/aromatic N) is 1. The van der Waals surface area contributed by atoms with Crippen molar-refractivity contribution in [3.8, 4) is 16.9 Å². The summed E-state index contributed by atoms with van der Waals surface area (Å²) >= 11 is 0. The number of esters is 8. The van der Waals surface area contributed by atoms with Crippen molar-refractivity contribution >= 4 is 53.8 Å². The molecule has 0 bridgehead atoms. The number of benzene rings is 4. The van der Waals surface area contributed by atoms with Gasteiger partial charge in [-0.2, -0.15) is 8.78 Å². The van der Waals surface area contributed by atoms with Crippen LogP contribution in [0.5, 0.6) is 5.75 Å². The van der Waals surface area contributed by atoms with Crippen LogP contribution in [-0.2, 0) is 90.4 Å². The van der Waals surface area contributed by atoms with Crippen LogP contribution in [-0.4, -0.2) is 159 Å². The topological polar surface area (TPSA) is 277 Å². The fourth-order valence-corrected chi connectivity index (χ4v) is 10.2. The Bertz CT molecular complexity index is 3150. The number of carbonyl (C=O) groups excluding carboxylic acids is 9. The van der Waals surface area contributed by atoms with Gasteiger partial charge in [0.15, 0.2) is 43.1 Å². The van der Waals surface area contributed by atoms with Crippen molar-refractivity contribution in [2.24, 2.45) is 0 Å². The maximum Gasteiger partial charge on any atom is 0.410 e. The van der Waals surface area contributed by atoms with Gasteiger partial charge in [0, 0.05) is 53.9 Å². The fourth-order valence-electron chi connectivity index (χ4n) is 10.2. The number of hydrogen-bond donors (Lipinski definition) is 0. The molecular weight excluding hydrogens is 1150 g/mol. The lowest BCUT2D eigenvalue weighted by molar-refractivity contribution is -0.363. The van der Waals surface area contributed by atoms with Crippen LogP contribution >= 0.6 is 0 Å². The van der Waals surface area contributed by atoms with Gasteiger partial charge in [-0.15, -0.1) is 0 Å². The zero-order valence-corrected chi connectivity index (χ0v) is 45.9. The van der Waals surface area contributed by atoms with E-state index < -0.39 is 194 Å². The molecule has 1 aliphatic carbocycles. The van der Waals surface area contributed by atoms with Gasteiger partial charge in [0.2, 0.25) is 34.8 Å². The highest BCUT2D eigenvalue weighted by molar-refractivity contribution is 5.89. The molecule has 4 aromatic rings. The van der Waals surface area contributed by atoms with Gasteiger partial charge in [0.1, 0.15) is 44.2 Å². The molecule has 0 spiro atoms. The average Bonchev–Trinajstić information content (AvgIpc) is 2.53. The normalized spacial score (nSPS) is 25.0. The molecular formula is C57H54F5NO22. The molecule has 454 valence electrons. The minimum absolute atomic E-state index is 0.142. The minimum atomic E-state index is -2.57. The molecule has 85 heavy (non-hydrogen) atoms. The van der Waals surface area contributed by atoms with Crippen LogP contribution in [0.15, 0.2) is 78.9 Å². The number of hydrogen-bond acceptors (Lipinski definition) is 22. The summed E-state index contributed by atoms with van der Waals surface area (Å²) in [6.07, 6.45) is -23.1. The molecule has 3 saturated heterocycles. The molecule has 1 amide bonds. The van der Waals surface area contributed by atoms with Crippen LogP contribution in [0.3, 0.4) is 0 Å². The Morgan fingerprint density at radius 2 is 0.929 bits per heavy atom. The Kier molecular flexibility index (Phi) is 19.8. The first-order valence-electron chi connectivity index (χ1n) is 26.1. The Hall–Kier alpha value is -8.60.